The lowest BCUT2D eigenvalue weighted by molar-refractivity contribution is -0.119. The number of phenols is 1. The first-order chi connectivity index (χ1) is 22.4. The van der Waals surface area contributed by atoms with Crippen LogP contribution in [-0.4, -0.2) is 102 Å². The van der Waals surface area contributed by atoms with Gasteiger partial charge >= 0.3 is 0 Å². The molecule has 7 rings (SSSR count). The molecule has 5 aromatic rings. The third-order valence-electron chi connectivity index (χ3n) is 8.54. The number of amides is 1. The second-order valence-corrected chi connectivity index (χ2v) is 11.6. The maximum Gasteiger partial charge on any atom is 0.210 e. The molecule has 2 aliphatic rings. The van der Waals surface area contributed by atoms with E-state index in [1.165, 1.54) is 12.1 Å². The van der Waals surface area contributed by atoms with Crippen molar-refractivity contribution in [2.24, 2.45) is 0 Å². The molecule has 0 radical (unpaired) electrons. The molecule has 5 heterocycles. The van der Waals surface area contributed by atoms with Crippen LogP contribution in [0, 0.1) is 12.7 Å². The number of rotatable bonds is 7. The molecule has 0 atom stereocenters. The van der Waals surface area contributed by atoms with Gasteiger partial charge in [0.15, 0.2) is 17.4 Å². The minimum absolute atomic E-state index is 0.240. The Morgan fingerprint density at radius 2 is 1.89 bits per heavy atom. The van der Waals surface area contributed by atoms with Gasteiger partial charge in [-0.2, -0.15) is 5.10 Å². The van der Waals surface area contributed by atoms with Crippen molar-refractivity contribution >= 4 is 23.1 Å². The van der Waals surface area contributed by atoms with Crippen LogP contribution < -0.4 is 4.90 Å². The van der Waals surface area contributed by atoms with Crippen LogP contribution in [0.1, 0.15) is 29.6 Å². The molecule has 2 aromatic carbocycles. The molecule has 4 N–H and O–H groups in total. The molecule has 0 aliphatic carbocycles. The topological polar surface area (TPSA) is 150 Å². The lowest BCUT2D eigenvalue weighted by atomic mass is 9.96. The zero-order valence-electron chi connectivity index (χ0n) is 26.0. The van der Waals surface area contributed by atoms with Crippen molar-refractivity contribution in [2.45, 2.75) is 33.2 Å². The van der Waals surface area contributed by atoms with E-state index >= 15 is 0 Å². The molecule has 0 unspecified atom stereocenters. The number of aromatic hydroxyl groups is 1. The Hall–Kier alpha value is -4.88. The van der Waals surface area contributed by atoms with Gasteiger partial charge < -0.3 is 25.0 Å². The Balaban J connectivity index is 0.000000196. The van der Waals surface area contributed by atoms with Gasteiger partial charge in [0.2, 0.25) is 6.41 Å². The third kappa shape index (κ3) is 6.56. The lowest BCUT2D eigenvalue weighted by Gasteiger charge is -2.34. The summed E-state index contributed by atoms with van der Waals surface area (Å²) in [5.74, 6) is 0.638. The number of nitrogens with zero attached hydrogens (tertiary/aromatic N) is 7. The molecule has 1 fully saturated rings. The number of piperazine rings is 1. The fourth-order valence-corrected chi connectivity index (χ4v) is 5.94. The highest BCUT2D eigenvalue weighted by atomic mass is 19.1. The summed E-state index contributed by atoms with van der Waals surface area (Å²) in [5.41, 5.74) is 6.81. The number of anilines is 1. The van der Waals surface area contributed by atoms with Crippen molar-refractivity contribution in [3.05, 3.63) is 71.2 Å². The average molecular weight is 628 g/mol. The zero-order chi connectivity index (χ0) is 32.2. The number of carbonyl (C=O) groups is 1. The number of aromatic nitrogens is 6. The number of H-pyrrole nitrogens is 2. The van der Waals surface area contributed by atoms with Crippen molar-refractivity contribution in [2.75, 3.05) is 50.8 Å². The van der Waals surface area contributed by atoms with Gasteiger partial charge in [-0.25, -0.2) is 14.4 Å². The first-order valence-corrected chi connectivity index (χ1v) is 15.5. The molecule has 1 amide bonds. The molecule has 1 saturated heterocycles. The van der Waals surface area contributed by atoms with Crippen LogP contribution in [0.3, 0.4) is 0 Å². The highest BCUT2D eigenvalue weighted by Crippen LogP contribution is 2.34. The number of benzene rings is 2. The van der Waals surface area contributed by atoms with Crippen molar-refractivity contribution < 1.29 is 19.4 Å². The fraction of sp³-hybridized carbons (Fsp3) is 0.364. The van der Waals surface area contributed by atoms with Crippen molar-refractivity contribution in [1.29, 1.82) is 0 Å². The van der Waals surface area contributed by atoms with E-state index in [2.05, 4.69) is 39.9 Å². The van der Waals surface area contributed by atoms with Gasteiger partial charge in [-0.05, 0) is 54.3 Å². The number of phenolic OH excluding ortho intramolecular Hbond substituents is 1. The number of fused-ring (bicyclic) bond motifs is 2. The molecule has 240 valence electrons. The van der Waals surface area contributed by atoms with E-state index in [4.69, 9.17) is 5.11 Å². The van der Waals surface area contributed by atoms with E-state index in [0.717, 1.165) is 89.6 Å². The molecule has 0 bridgehead atoms. The SMILES string of the molecule is CCc1cc(O)c(F)cc1-c1ccc2c(-c3nc4c([nH]3)CN(C=O)CC4)n[nH]c2c1.Cc1cnc(N2CCN(CCO)CC2)cn1. The molecule has 0 spiro atoms. The highest BCUT2D eigenvalue weighted by Gasteiger charge is 2.22. The monoisotopic (exact) mass is 627 g/mol. The first-order valence-electron chi connectivity index (χ1n) is 15.5. The number of imidazole rings is 1. The molecular weight excluding hydrogens is 589 g/mol. The van der Waals surface area contributed by atoms with Gasteiger partial charge in [0.25, 0.3) is 0 Å². The Morgan fingerprint density at radius 3 is 2.61 bits per heavy atom. The van der Waals surface area contributed by atoms with E-state index in [9.17, 15) is 14.3 Å². The standard InChI is InChI=1S/C22H20FN5O2.C11H18N4O/c1-2-12-8-20(30)16(23)9-15(12)13-3-4-14-18(7-13)26-27-21(14)22-24-17-5-6-28(11-29)10-19(17)25-22;1-10-8-13-11(9-12-10)15-4-2-14(3-5-15)6-7-16/h3-4,7-9,11,30H,2,5-6,10H2,1H3,(H,24,25)(H,26,27);8-9,16H,2-7H2,1H3. The Morgan fingerprint density at radius 1 is 1.07 bits per heavy atom. The molecule has 12 nitrogen and oxygen atoms in total. The quantitative estimate of drug-likeness (QED) is 0.199. The van der Waals surface area contributed by atoms with Crippen molar-refractivity contribution in [1.82, 2.24) is 39.9 Å². The van der Waals surface area contributed by atoms with Gasteiger partial charge in [-0.15, -0.1) is 0 Å². The summed E-state index contributed by atoms with van der Waals surface area (Å²) in [6, 6.07) is 8.62. The summed E-state index contributed by atoms with van der Waals surface area (Å²) in [7, 11) is 0. The van der Waals surface area contributed by atoms with Gasteiger partial charge in [-0.1, -0.05) is 13.0 Å². The van der Waals surface area contributed by atoms with E-state index < -0.39 is 5.82 Å². The number of β-amino-alcohol motifs (C(OH)–C–C–N with tert-alkyl or cyclic N) is 1. The summed E-state index contributed by atoms with van der Waals surface area (Å²) in [6.07, 6.45) is 5.87. The molecule has 2 aliphatic heterocycles. The molecule has 46 heavy (non-hydrogen) atoms. The average Bonchev–Trinajstić information content (AvgIpc) is 3.70. The zero-order valence-corrected chi connectivity index (χ0v) is 26.0. The number of carbonyl (C=O) groups excluding carboxylic acids is 1. The number of nitrogens with one attached hydrogen (secondary N) is 2. The second kappa shape index (κ2) is 13.6. The van der Waals surface area contributed by atoms with E-state index in [1.807, 2.05) is 38.2 Å². The van der Waals surface area contributed by atoms with Gasteiger partial charge in [0.05, 0.1) is 48.1 Å². The minimum atomic E-state index is -0.641. The summed E-state index contributed by atoms with van der Waals surface area (Å²) < 4.78 is 14.0. The van der Waals surface area contributed by atoms with Crippen LogP contribution in [0.5, 0.6) is 5.75 Å². The normalized spacial score (nSPS) is 15.0. The van der Waals surface area contributed by atoms with Crippen LogP contribution in [0.15, 0.2) is 42.7 Å². The summed E-state index contributed by atoms with van der Waals surface area (Å²) in [6.45, 7) is 9.97. The lowest BCUT2D eigenvalue weighted by Crippen LogP contribution is -2.47. The predicted molar refractivity (Wildman–Crippen MR) is 173 cm³/mol. The van der Waals surface area contributed by atoms with Gasteiger partial charge in [-0.3, -0.25) is 19.8 Å². The number of aromatic amines is 2. The fourth-order valence-electron chi connectivity index (χ4n) is 5.94. The molecule has 0 saturated carbocycles. The van der Waals surface area contributed by atoms with E-state index in [0.29, 0.717) is 37.4 Å². The Bertz CT molecular complexity index is 1810. The summed E-state index contributed by atoms with van der Waals surface area (Å²) in [5, 5.41) is 26.9. The van der Waals surface area contributed by atoms with Crippen LogP contribution in [-0.2, 0) is 24.2 Å². The molecule has 3 aromatic heterocycles. The first kappa shape index (κ1) is 31.1. The number of aliphatic hydroxyl groups is 1. The number of aryl methyl sites for hydroxylation is 2. The van der Waals surface area contributed by atoms with Crippen molar-refractivity contribution in [3.63, 3.8) is 0 Å². The Kier molecular flexibility index (Phi) is 9.22. The second-order valence-electron chi connectivity index (χ2n) is 11.6. The summed E-state index contributed by atoms with van der Waals surface area (Å²) in [4.78, 5) is 33.9. The van der Waals surface area contributed by atoms with Gasteiger partial charge in [0, 0.05) is 51.1 Å². The highest BCUT2D eigenvalue weighted by molar-refractivity contribution is 5.94. The van der Waals surface area contributed by atoms with Crippen LogP contribution in [0.25, 0.3) is 33.5 Å². The smallest absolute Gasteiger partial charge is 0.210 e. The van der Waals surface area contributed by atoms with Crippen LogP contribution >= 0.6 is 0 Å². The molecule has 13 heteroatoms. The maximum absolute atomic E-state index is 14.0. The predicted octanol–water partition coefficient (Wildman–Crippen LogP) is 3.44. The van der Waals surface area contributed by atoms with E-state index in [-0.39, 0.29) is 12.4 Å². The number of halogens is 1. The largest absolute Gasteiger partial charge is 0.505 e. The van der Waals surface area contributed by atoms with Crippen molar-refractivity contribution in [3.8, 4) is 28.4 Å². The van der Waals surface area contributed by atoms with Crippen LogP contribution in [0.2, 0.25) is 0 Å². The van der Waals surface area contributed by atoms with E-state index in [1.54, 1.807) is 11.1 Å². The number of hydrogen-bond acceptors (Lipinski definition) is 9. The number of hydrogen-bond donors (Lipinski definition) is 4. The maximum atomic E-state index is 14.0. The van der Waals surface area contributed by atoms with Gasteiger partial charge in [0.1, 0.15) is 11.5 Å². The van der Waals surface area contributed by atoms with Crippen LogP contribution in [0.4, 0.5) is 10.2 Å². The molecular formula is C33H38FN9O3. The third-order valence-corrected chi connectivity index (χ3v) is 8.54. The minimum Gasteiger partial charge on any atom is -0.505 e. The Labute approximate surface area is 265 Å². The summed E-state index contributed by atoms with van der Waals surface area (Å²) >= 11 is 0. The number of aliphatic hydroxyl groups excluding tert-OH is 1.